The van der Waals surface area contributed by atoms with Gasteiger partial charge in [-0.2, -0.15) is 0 Å². The van der Waals surface area contributed by atoms with Gasteiger partial charge < -0.3 is 19.9 Å². The number of nitrogens with zero attached hydrogens (tertiary/aromatic N) is 3. The minimum atomic E-state index is -3.44. The summed E-state index contributed by atoms with van der Waals surface area (Å²) in [6.45, 7) is 4.50. The highest BCUT2D eigenvalue weighted by Gasteiger charge is 2.17. The molecule has 0 aliphatic heterocycles. The third-order valence-corrected chi connectivity index (χ3v) is 10.2. The van der Waals surface area contributed by atoms with Crippen LogP contribution < -0.4 is 15.4 Å². The third-order valence-electron chi connectivity index (χ3n) is 6.59. The number of benzene rings is 2. The second-order valence-electron chi connectivity index (χ2n) is 10.0. The number of thiophene rings is 1. The van der Waals surface area contributed by atoms with Gasteiger partial charge in [-0.15, -0.1) is 11.3 Å². The van der Waals surface area contributed by atoms with Gasteiger partial charge in [-0.3, -0.25) is 9.78 Å². The Bertz CT molecular complexity index is 1850. The molecule has 0 aliphatic carbocycles. The molecular formula is C30H30ClN5O4S2. The molecular weight excluding hydrogens is 594 g/mol. The number of rotatable bonds is 11. The van der Waals surface area contributed by atoms with Gasteiger partial charge in [0.05, 0.1) is 21.1 Å². The smallest absolute Gasteiger partial charge is 0.270 e. The molecule has 0 bridgehead atoms. The van der Waals surface area contributed by atoms with E-state index in [-0.39, 0.29) is 28.6 Å². The van der Waals surface area contributed by atoms with Crippen LogP contribution >= 0.6 is 22.9 Å². The van der Waals surface area contributed by atoms with E-state index in [4.69, 9.17) is 21.3 Å². The van der Waals surface area contributed by atoms with Gasteiger partial charge in [0, 0.05) is 37.6 Å². The monoisotopic (exact) mass is 623 g/mol. The first-order chi connectivity index (χ1) is 20.1. The van der Waals surface area contributed by atoms with Crippen LogP contribution in [0.1, 0.15) is 42.2 Å². The summed E-state index contributed by atoms with van der Waals surface area (Å²) in [6.07, 6.45) is 1.74. The van der Waals surface area contributed by atoms with E-state index in [9.17, 15) is 13.2 Å². The van der Waals surface area contributed by atoms with E-state index in [1.165, 1.54) is 23.9 Å². The predicted molar refractivity (Wildman–Crippen MR) is 167 cm³/mol. The summed E-state index contributed by atoms with van der Waals surface area (Å²) in [5.41, 5.74) is 4.06. The zero-order valence-electron chi connectivity index (χ0n) is 23.3. The molecule has 3 aromatic heterocycles. The average molecular weight is 624 g/mol. The number of aromatic nitrogens is 3. The molecule has 0 saturated heterocycles. The molecule has 0 unspecified atom stereocenters. The van der Waals surface area contributed by atoms with Gasteiger partial charge in [-0.1, -0.05) is 37.6 Å². The van der Waals surface area contributed by atoms with E-state index in [0.717, 1.165) is 28.1 Å². The number of carbonyl (C=O) groups is 1. The molecule has 3 heterocycles. The van der Waals surface area contributed by atoms with Gasteiger partial charge in [0.15, 0.2) is 9.84 Å². The summed E-state index contributed by atoms with van der Waals surface area (Å²) < 4.78 is 33.4. The Hall–Kier alpha value is -3.93. The van der Waals surface area contributed by atoms with Crippen molar-refractivity contribution < 1.29 is 17.9 Å². The Morgan fingerprint density at radius 3 is 2.64 bits per heavy atom. The van der Waals surface area contributed by atoms with Crippen LogP contribution in [0.15, 0.2) is 77.1 Å². The number of anilines is 2. The van der Waals surface area contributed by atoms with Crippen LogP contribution in [-0.4, -0.2) is 41.2 Å². The van der Waals surface area contributed by atoms with E-state index in [1.807, 2.05) is 41.9 Å². The van der Waals surface area contributed by atoms with Gasteiger partial charge in [0.25, 0.3) is 5.91 Å². The van der Waals surface area contributed by atoms with Crippen molar-refractivity contribution in [2.45, 2.75) is 30.4 Å². The minimum absolute atomic E-state index is 0.0989. The van der Waals surface area contributed by atoms with Crippen LogP contribution in [0.5, 0.6) is 11.5 Å². The highest BCUT2D eigenvalue weighted by molar-refractivity contribution is 7.93. The summed E-state index contributed by atoms with van der Waals surface area (Å²) in [6, 6.07) is 20.1. The fourth-order valence-electron chi connectivity index (χ4n) is 4.31. The second-order valence-corrected chi connectivity index (χ2v) is 14.1. The van der Waals surface area contributed by atoms with Crippen molar-refractivity contribution in [1.82, 2.24) is 19.9 Å². The number of carbonyl (C=O) groups excluding carboxylic acids is 1. The molecule has 2 N–H and O–H groups in total. The van der Waals surface area contributed by atoms with Crippen LogP contribution in [0.2, 0.25) is 4.34 Å². The minimum Gasteiger partial charge on any atom is -0.457 e. The quantitative estimate of drug-likeness (QED) is 0.153. The number of hydrogen-bond acceptors (Lipinski definition) is 8. The number of aryl methyl sites for hydroxylation is 1. The topological polar surface area (TPSA) is 115 Å². The number of fused-ring (bicyclic) bond motifs is 1. The predicted octanol–water partition coefficient (Wildman–Crippen LogP) is 6.94. The molecule has 1 amide bonds. The van der Waals surface area contributed by atoms with Gasteiger partial charge in [-0.25, -0.2) is 13.4 Å². The Balaban J connectivity index is 1.21. The van der Waals surface area contributed by atoms with Gasteiger partial charge in [0.2, 0.25) is 5.95 Å². The second kappa shape index (κ2) is 12.5. The van der Waals surface area contributed by atoms with E-state index < -0.39 is 15.7 Å². The maximum Gasteiger partial charge on any atom is 0.270 e. The number of amides is 1. The van der Waals surface area contributed by atoms with Gasteiger partial charge in [0.1, 0.15) is 21.4 Å². The molecule has 0 saturated carbocycles. The Morgan fingerprint density at radius 2 is 1.88 bits per heavy atom. The number of nitrogens with one attached hydrogen (secondary N) is 2. The molecule has 2 aromatic carbocycles. The van der Waals surface area contributed by atoms with Crippen molar-refractivity contribution in [3.63, 3.8) is 0 Å². The first kappa shape index (κ1) is 29.6. The number of sulfone groups is 1. The molecule has 5 rings (SSSR count). The molecule has 0 spiro atoms. The van der Waals surface area contributed by atoms with Crippen LogP contribution in [0, 0.1) is 0 Å². The summed E-state index contributed by atoms with van der Waals surface area (Å²) in [5.74, 6) is 1.61. The summed E-state index contributed by atoms with van der Waals surface area (Å²) >= 11 is 6.87. The van der Waals surface area contributed by atoms with Crippen molar-refractivity contribution in [1.29, 1.82) is 0 Å². The van der Waals surface area contributed by atoms with Crippen LogP contribution in [0.4, 0.5) is 11.6 Å². The summed E-state index contributed by atoms with van der Waals surface area (Å²) in [7, 11) is -1.49. The Morgan fingerprint density at radius 1 is 1.07 bits per heavy atom. The van der Waals surface area contributed by atoms with E-state index in [1.54, 1.807) is 12.1 Å². The van der Waals surface area contributed by atoms with Gasteiger partial charge >= 0.3 is 0 Å². The first-order valence-corrected chi connectivity index (χ1v) is 16.2. The zero-order valence-corrected chi connectivity index (χ0v) is 25.7. The molecule has 12 heteroatoms. The molecule has 5 aromatic rings. The van der Waals surface area contributed by atoms with E-state index in [0.29, 0.717) is 27.7 Å². The lowest BCUT2D eigenvalue weighted by molar-refractivity contribution is 0.0948. The lowest BCUT2D eigenvalue weighted by atomic mass is 10.0. The molecule has 9 nitrogen and oxygen atoms in total. The van der Waals surface area contributed by atoms with Crippen molar-refractivity contribution in [2.24, 2.45) is 7.05 Å². The maximum atomic E-state index is 12.7. The highest BCUT2D eigenvalue weighted by Crippen LogP contribution is 2.29. The highest BCUT2D eigenvalue weighted by atomic mass is 35.5. The molecule has 0 radical (unpaired) electrons. The number of pyridine rings is 1. The maximum absolute atomic E-state index is 12.7. The normalized spacial score (nSPS) is 11.6. The molecule has 42 heavy (non-hydrogen) atoms. The van der Waals surface area contributed by atoms with E-state index in [2.05, 4.69) is 41.6 Å². The molecule has 218 valence electrons. The molecule has 0 aliphatic rings. The average Bonchev–Trinajstić information content (AvgIpc) is 3.54. The van der Waals surface area contributed by atoms with Crippen molar-refractivity contribution in [3.05, 3.63) is 88.5 Å². The van der Waals surface area contributed by atoms with Crippen molar-refractivity contribution in [2.75, 3.05) is 17.6 Å². The van der Waals surface area contributed by atoms with Gasteiger partial charge in [-0.05, 0) is 60.4 Å². The third kappa shape index (κ3) is 6.92. The Kier molecular flexibility index (Phi) is 8.81. The number of ether oxygens (including phenoxy) is 1. The number of imidazole rings is 1. The van der Waals surface area contributed by atoms with Crippen molar-refractivity contribution >= 4 is 61.4 Å². The number of hydrogen-bond donors (Lipinski definition) is 2. The van der Waals surface area contributed by atoms with Crippen LogP contribution in [0.25, 0.3) is 11.0 Å². The number of halogens is 1. The SMILES string of the molecule is CC(C)c1cccc(Nc2nc3cc(Oc4ccnc(C(=O)NCCCS(=O)(=O)c5ccc(Cl)s5)c4)ccc3n2C)c1. The fourth-order valence-corrected chi connectivity index (χ4v) is 7.26. The molecule has 0 atom stereocenters. The van der Waals surface area contributed by atoms with E-state index >= 15 is 0 Å². The molecule has 0 fully saturated rings. The largest absolute Gasteiger partial charge is 0.457 e. The van der Waals surface area contributed by atoms with Crippen molar-refractivity contribution in [3.8, 4) is 11.5 Å². The lowest BCUT2D eigenvalue weighted by Crippen LogP contribution is -2.26. The zero-order chi connectivity index (χ0) is 29.9. The fraction of sp³-hybridized carbons (Fsp3) is 0.233. The summed E-state index contributed by atoms with van der Waals surface area (Å²) in [5, 5.41) is 6.12. The van der Waals surface area contributed by atoms with Crippen LogP contribution in [0.3, 0.4) is 0 Å². The first-order valence-electron chi connectivity index (χ1n) is 13.3. The van der Waals surface area contributed by atoms with Crippen LogP contribution in [-0.2, 0) is 16.9 Å². The lowest BCUT2D eigenvalue weighted by Gasteiger charge is -2.10. The Labute approximate surface area is 253 Å². The standard InChI is InChI=1S/C30H30ClN5O4S2/c1-19(2)20-6-4-7-21(16-20)34-30-35-24-17-22(8-9-26(24)36(30)3)40-23-12-14-32-25(18-23)29(37)33-13-5-15-42(38,39)28-11-10-27(31)41-28/h4,6-12,14,16-19H,5,13,15H2,1-3H3,(H,33,37)(H,34,35). The summed E-state index contributed by atoms with van der Waals surface area (Å²) in [4.78, 5) is 21.5.